The maximum atomic E-state index is 12.8. The molecule has 3 rings (SSSR count). The summed E-state index contributed by atoms with van der Waals surface area (Å²) in [5.41, 5.74) is 2.80. The molecule has 0 unspecified atom stereocenters. The Morgan fingerprint density at radius 3 is 2.26 bits per heavy atom. The molecule has 0 bridgehead atoms. The van der Waals surface area contributed by atoms with Crippen molar-refractivity contribution in [3.63, 3.8) is 0 Å². The first kappa shape index (κ1) is 18.3. The van der Waals surface area contributed by atoms with Gasteiger partial charge in [-0.25, -0.2) is 4.79 Å². The van der Waals surface area contributed by atoms with Crippen molar-refractivity contribution in [1.82, 2.24) is 5.32 Å². The van der Waals surface area contributed by atoms with E-state index in [-0.39, 0.29) is 6.03 Å². The lowest BCUT2D eigenvalue weighted by Crippen LogP contribution is -2.37. The molecule has 0 saturated carbocycles. The van der Waals surface area contributed by atoms with Crippen molar-refractivity contribution in [1.29, 1.82) is 0 Å². The summed E-state index contributed by atoms with van der Waals surface area (Å²) in [7, 11) is 1.63. The summed E-state index contributed by atoms with van der Waals surface area (Å²) >= 11 is 0. The average molecular weight is 358 g/mol. The molecule has 0 spiro atoms. The predicted molar refractivity (Wildman–Crippen MR) is 110 cm³/mol. The lowest BCUT2D eigenvalue weighted by molar-refractivity contribution is 0.249. The second-order valence-electron chi connectivity index (χ2n) is 5.93. The van der Waals surface area contributed by atoms with Gasteiger partial charge in [0.15, 0.2) is 0 Å². The van der Waals surface area contributed by atoms with E-state index in [2.05, 4.69) is 5.32 Å². The van der Waals surface area contributed by atoms with Crippen molar-refractivity contribution in [3.8, 4) is 5.75 Å². The van der Waals surface area contributed by atoms with E-state index in [1.165, 1.54) is 0 Å². The Morgan fingerprint density at radius 2 is 1.56 bits per heavy atom. The zero-order chi connectivity index (χ0) is 18.9. The number of methoxy groups -OCH3 is 1. The third-order valence-corrected chi connectivity index (χ3v) is 4.11. The van der Waals surface area contributed by atoms with Gasteiger partial charge in [-0.1, -0.05) is 66.7 Å². The molecule has 3 aromatic carbocycles. The van der Waals surface area contributed by atoms with Crippen molar-refractivity contribution in [3.05, 3.63) is 102 Å². The van der Waals surface area contributed by atoms with Gasteiger partial charge in [-0.05, 0) is 29.8 Å². The molecule has 0 aliphatic carbocycles. The van der Waals surface area contributed by atoms with Gasteiger partial charge in [0.2, 0.25) is 0 Å². The number of hydrogen-bond acceptors (Lipinski definition) is 2. The maximum absolute atomic E-state index is 12.8. The summed E-state index contributed by atoms with van der Waals surface area (Å²) in [4.78, 5) is 14.5. The first-order chi connectivity index (χ1) is 13.3. The highest BCUT2D eigenvalue weighted by Crippen LogP contribution is 2.19. The number of rotatable bonds is 6. The fraction of sp³-hybridized carbons (Fsp3) is 0.0870. The van der Waals surface area contributed by atoms with E-state index in [0.29, 0.717) is 6.54 Å². The number of benzene rings is 3. The number of ether oxygens (including phenoxy) is 1. The van der Waals surface area contributed by atoms with Gasteiger partial charge in [0, 0.05) is 17.5 Å². The van der Waals surface area contributed by atoms with E-state index < -0.39 is 0 Å². The van der Waals surface area contributed by atoms with Crippen LogP contribution in [-0.4, -0.2) is 13.1 Å². The van der Waals surface area contributed by atoms with Crippen LogP contribution in [-0.2, 0) is 6.54 Å². The number of carbonyl (C=O) groups excluding carboxylic acids is 1. The molecule has 0 heterocycles. The average Bonchev–Trinajstić information content (AvgIpc) is 2.73. The van der Waals surface area contributed by atoms with E-state index in [0.717, 1.165) is 22.6 Å². The molecule has 0 fully saturated rings. The molecule has 4 nitrogen and oxygen atoms in total. The summed E-state index contributed by atoms with van der Waals surface area (Å²) in [6.07, 6.45) is 3.46. The third-order valence-electron chi connectivity index (χ3n) is 4.11. The molecule has 0 aromatic heterocycles. The second-order valence-corrected chi connectivity index (χ2v) is 5.93. The van der Waals surface area contributed by atoms with Crippen LogP contribution < -0.4 is 15.0 Å². The Kier molecular flexibility index (Phi) is 6.26. The molecule has 2 amide bonds. The quantitative estimate of drug-likeness (QED) is 0.667. The van der Waals surface area contributed by atoms with Crippen molar-refractivity contribution in [2.75, 3.05) is 12.0 Å². The van der Waals surface area contributed by atoms with Crippen molar-refractivity contribution >= 4 is 17.8 Å². The van der Waals surface area contributed by atoms with Gasteiger partial charge in [0.1, 0.15) is 5.75 Å². The second kappa shape index (κ2) is 9.25. The van der Waals surface area contributed by atoms with Crippen molar-refractivity contribution < 1.29 is 9.53 Å². The topological polar surface area (TPSA) is 41.6 Å². The molecule has 0 aliphatic heterocycles. The van der Waals surface area contributed by atoms with E-state index in [9.17, 15) is 4.79 Å². The number of hydrogen-bond donors (Lipinski definition) is 1. The van der Waals surface area contributed by atoms with E-state index >= 15 is 0 Å². The Labute approximate surface area is 159 Å². The van der Waals surface area contributed by atoms with Crippen molar-refractivity contribution in [2.45, 2.75) is 6.54 Å². The van der Waals surface area contributed by atoms with Crippen LogP contribution in [0, 0.1) is 0 Å². The molecule has 0 aliphatic rings. The molecule has 4 heteroatoms. The van der Waals surface area contributed by atoms with Crippen LogP contribution >= 0.6 is 0 Å². The molecule has 1 N–H and O–H groups in total. The van der Waals surface area contributed by atoms with E-state index in [4.69, 9.17) is 4.74 Å². The summed E-state index contributed by atoms with van der Waals surface area (Å²) in [6.45, 7) is 0.485. The highest BCUT2D eigenvalue weighted by Gasteiger charge is 2.14. The van der Waals surface area contributed by atoms with Crippen LogP contribution in [0.2, 0.25) is 0 Å². The molecule has 0 radical (unpaired) electrons. The number of para-hydroxylation sites is 2. The highest BCUT2D eigenvalue weighted by atomic mass is 16.5. The van der Waals surface area contributed by atoms with Gasteiger partial charge in [-0.3, -0.25) is 4.90 Å². The van der Waals surface area contributed by atoms with Gasteiger partial charge in [-0.2, -0.15) is 0 Å². The minimum Gasteiger partial charge on any atom is -0.496 e. The van der Waals surface area contributed by atoms with Crippen LogP contribution in [0.15, 0.2) is 91.1 Å². The van der Waals surface area contributed by atoms with Gasteiger partial charge >= 0.3 is 6.03 Å². The zero-order valence-corrected chi connectivity index (χ0v) is 15.2. The van der Waals surface area contributed by atoms with Crippen molar-refractivity contribution in [2.24, 2.45) is 0 Å². The molecule has 0 atom stereocenters. The summed E-state index contributed by atoms with van der Waals surface area (Å²) < 4.78 is 5.32. The third kappa shape index (κ3) is 4.98. The van der Waals surface area contributed by atoms with Gasteiger partial charge < -0.3 is 10.1 Å². The number of nitrogens with one attached hydrogen (secondary N) is 1. The summed E-state index contributed by atoms with van der Waals surface area (Å²) in [6, 6.07) is 27.0. The first-order valence-electron chi connectivity index (χ1n) is 8.74. The maximum Gasteiger partial charge on any atom is 0.326 e. The Balaban J connectivity index is 1.76. The van der Waals surface area contributed by atoms with E-state index in [1.54, 1.807) is 18.2 Å². The standard InChI is InChI=1S/C23H22N2O2/c1-27-22-15-9-8-12-20(22)16-17-24-23(26)25(21-13-6-3-7-14-21)18-19-10-4-2-5-11-19/h2-17H,18H2,1H3,(H,24,26)/b17-16+. The van der Waals surface area contributed by atoms with Crippen LogP contribution in [0.3, 0.4) is 0 Å². The fourth-order valence-corrected chi connectivity index (χ4v) is 2.74. The van der Waals surface area contributed by atoms with Crippen LogP contribution in [0.5, 0.6) is 5.75 Å². The molecule has 136 valence electrons. The molecule has 3 aromatic rings. The van der Waals surface area contributed by atoms with Crippen LogP contribution in [0.25, 0.3) is 6.08 Å². The Bertz CT molecular complexity index is 893. The number of amides is 2. The molecule has 27 heavy (non-hydrogen) atoms. The highest BCUT2D eigenvalue weighted by molar-refractivity contribution is 5.92. The number of nitrogens with zero attached hydrogens (tertiary/aromatic N) is 1. The minimum absolute atomic E-state index is 0.198. The van der Waals surface area contributed by atoms with Gasteiger partial charge in [-0.15, -0.1) is 0 Å². The fourth-order valence-electron chi connectivity index (χ4n) is 2.74. The predicted octanol–water partition coefficient (Wildman–Crippen LogP) is 5.08. The van der Waals surface area contributed by atoms with Gasteiger partial charge in [0.25, 0.3) is 0 Å². The van der Waals surface area contributed by atoms with Crippen LogP contribution in [0.4, 0.5) is 10.5 Å². The zero-order valence-electron chi connectivity index (χ0n) is 15.2. The summed E-state index contributed by atoms with van der Waals surface area (Å²) in [5, 5.41) is 2.85. The largest absolute Gasteiger partial charge is 0.496 e. The molecular weight excluding hydrogens is 336 g/mol. The van der Waals surface area contributed by atoms with E-state index in [1.807, 2.05) is 91.0 Å². The molecular formula is C23H22N2O2. The SMILES string of the molecule is COc1ccccc1/C=C/NC(=O)N(Cc1ccccc1)c1ccccc1. The lowest BCUT2D eigenvalue weighted by Gasteiger charge is -2.22. The molecule has 0 saturated heterocycles. The smallest absolute Gasteiger partial charge is 0.326 e. The Morgan fingerprint density at radius 1 is 0.926 bits per heavy atom. The number of urea groups is 1. The van der Waals surface area contributed by atoms with Gasteiger partial charge in [0.05, 0.1) is 13.7 Å². The minimum atomic E-state index is -0.198. The number of carbonyl (C=O) groups is 1. The normalized spacial score (nSPS) is 10.6. The van der Waals surface area contributed by atoms with Crippen LogP contribution in [0.1, 0.15) is 11.1 Å². The Hall–Kier alpha value is -3.53. The first-order valence-corrected chi connectivity index (χ1v) is 8.74. The number of anilines is 1. The monoisotopic (exact) mass is 358 g/mol. The summed E-state index contributed by atoms with van der Waals surface area (Å²) in [5.74, 6) is 0.757. The lowest BCUT2D eigenvalue weighted by atomic mass is 10.2.